The summed E-state index contributed by atoms with van der Waals surface area (Å²) in [5.41, 5.74) is 1.28. The average Bonchev–Trinajstić information content (AvgIpc) is 2.68. The molecule has 0 radical (unpaired) electrons. The Hall–Kier alpha value is -3.81. The van der Waals surface area contributed by atoms with Crippen LogP contribution in [0.15, 0.2) is 67.0 Å². The van der Waals surface area contributed by atoms with E-state index in [0.29, 0.717) is 23.0 Å². The molecule has 1 heterocycles. The first-order valence-electron chi connectivity index (χ1n) is 8.20. The van der Waals surface area contributed by atoms with Crippen LogP contribution in [0.25, 0.3) is 0 Å². The molecule has 0 fully saturated rings. The van der Waals surface area contributed by atoms with Gasteiger partial charge in [0, 0.05) is 29.8 Å². The summed E-state index contributed by atoms with van der Waals surface area (Å²) in [6.45, 7) is -0.463. The van der Waals surface area contributed by atoms with Crippen molar-refractivity contribution in [2.75, 3.05) is 17.2 Å². The molecule has 28 heavy (non-hydrogen) atoms. The quantitative estimate of drug-likeness (QED) is 0.681. The number of anilines is 2. The van der Waals surface area contributed by atoms with E-state index in [1.807, 2.05) is 0 Å². The Morgan fingerprint density at radius 3 is 2.46 bits per heavy atom. The van der Waals surface area contributed by atoms with Gasteiger partial charge in [-0.2, -0.15) is 0 Å². The zero-order valence-electron chi connectivity index (χ0n) is 14.5. The predicted molar refractivity (Wildman–Crippen MR) is 99.1 cm³/mol. The largest absolute Gasteiger partial charge is 0.481 e. The number of nitrogens with one attached hydrogen (secondary N) is 2. The van der Waals surface area contributed by atoms with E-state index in [2.05, 4.69) is 15.6 Å². The Balaban J connectivity index is 1.57. The second kappa shape index (κ2) is 8.72. The lowest BCUT2D eigenvalue weighted by Gasteiger charge is -2.10. The number of aromatic nitrogens is 1. The van der Waals surface area contributed by atoms with Crippen molar-refractivity contribution in [1.29, 1.82) is 0 Å². The van der Waals surface area contributed by atoms with Crippen molar-refractivity contribution in [3.05, 3.63) is 84.2 Å². The monoisotopic (exact) mass is 383 g/mol. The maximum absolute atomic E-state index is 13.5. The first-order chi connectivity index (χ1) is 13.5. The third-order valence-corrected chi connectivity index (χ3v) is 3.58. The highest BCUT2D eigenvalue weighted by Gasteiger charge is 2.10. The first kappa shape index (κ1) is 19.0. The topological polar surface area (TPSA) is 80.3 Å². The number of carbonyl (C=O) groups excluding carboxylic acids is 2. The van der Waals surface area contributed by atoms with Crippen LogP contribution in [0.2, 0.25) is 0 Å². The third kappa shape index (κ3) is 5.10. The number of carbonyl (C=O) groups is 2. The van der Waals surface area contributed by atoms with E-state index in [9.17, 15) is 18.4 Å². The molecule has 0 atom stereocenters. The lowest BCUT2D eigenvalue weighted by Crippen LogP contribution is -2.20. The standard InChI is InChI=1S/C20H15F2N3O3/c21-14-6-7-18(17(22)9-14)28-12-19(26)24-15-4-1-5-16(10-15)25-20(27)13-3-2-8-23-11-13/h1-11H,12H2,(H,24,26)(H,25,27). The number of halogens is 2. The van der Waals surface area contributed by atoms with Crippen molar-refractivity contribution in [3.8, 4) is 5.75 Å². The van der Waals surface area contributed by atoms with Crippen molar-refractivity contribution >= 4 is 23.2 Å². The molecule has 0 saturated carbocycles. The van der Waals surface area contributed by atoms with Crippen molar-refractivity contribution in [2.24, 2.45) is 0 Å². The third-order valence-electron chi connectivity index (χ3n) is 3.58. The molecule has 0 aliphatic rings. The van der Waals surface area contributed by atoms with E-state index in [4.69, 9.17) is 4.74 Å². The molecule has 2 amide bonds. The smallest absolute Gasteiger partial charge is 0.262 e. The number of benzene rings is 2. The van der Waals surface area contributed by atoms with Gasteiger partial charge in [0.25, 0.3) is 11.8 Å². The summed E-state index contributed by atoms with van der Waals surface area (Å²) in [4.78, 5) is 28.0. The summed E-state index contributed by atoms with van der Waals surface area (Å²) >= 11 is 0. The number of ether oxygens (including phenoxy) is 1. The molecule has 0 aliphatic carbocycles. The molecule has 142 valence electrons. The summed E-state index contributed by atoms with van der Waals surface area (Å²) in [5, 5.41) is 5.27. The highest BCUT2D eigenvalue weighted by Crippen LogP contribution is 2.18. The Bertz CT molecular complexity index is 997. The van der Waals surface area contributed by atoms with E-state index in [0.717, 1.165) is 12.1 Å². The van der Waals surface area contributed by atoms with Crippen molar-refractivity contribution < 1.29 is 23.1 Å². The van der Waals surface area contributed by atoms with Gasteiger partial charge in [0.05, 0.1) is 5.56 Å². The molecule has 2 aromatic carbocycles. The van der Waals surface area contributed by atoms with Gasteiger partial charge in [0.15, 0.2) is 18.2 Å². The highest BCUT2D eigenvalue weighted by atomic mass is 19.1. The van der Waals surface area contributed by atoms with E-state index >= 15 is 0 Å². The molecule has 3 rings (SSSR count). The van der Waals surface area contributed by atoms with Gasteiger partial charge >= 0.3 is 0 Å². The summed E-state index contributed by atoms with van der Waals surface area (Å²) in [7, 11) is 0. The Morgan fingerprint density at radius 2 is 1.75 bits per heavy atom. The summed E-state index contributed by atoms with van der Waals surface area (Å²) in [6.07, 6.45) is 3.00. The molecule has 6 nitrogen and oxygen atoms in total. The first-order valence-corrected chi connectivity index (χ1v) is 8.20. The van der Waals surface area contributed by atoms with Gasteiger partial charge < -0.3 is 15.4 Å². The summed E-state index contributed by atoms with van der Waals surface area (Å²) in [5.74, 6) is -2.74. The van der Waals surface area contributed by atoms with Gasteiger partial charge in [-0.15, -0.1) is 0 Å². The Kier molecular flexibility index (Phi) is 5.91. The second-order valence-electron chi connectivity index (χ2n) is 5.69. The van der Waals surface area contributed by atoms with Crippen LogP contribution in [0.5, 0.6) is 5.75 Å². The van der Waals surface area contributed by atoms with Gasteiger partial charge in [-0.3, -0.25) is 14.6 Å². The van der Waals surface area contributed by atoms with Gasteiger partial charge in [0.1, 0.15) is 5.82 Å². The molecule has 0 saturated heterocycles. The molecule has 0 unspecified atom stereocenters. The molecule has 0 aliphatic heterocycles. The Morgan fingerprint density at radius 1 is 0.964 bits per heavy atom. The second-order valence-corrected chi connectivity index (χ2v) is 5.69. The fourth-order valence-corrected chi connectivity index (χ4v) is 2.31. The maximum atomic E-state index is 13.5. The normalized spacial score (nSPS) is 10.2. The minimum atomic E-state index is -0.895. The average molecular weight is 383 g/mol. The van der Waals surface area contributed by atoms with Crippen LogP contribution in [-0.2, 0) is 4.79 Å². The molecule has 8 heteroatoms. The van der Waals surface area contributed by atoms with Crippen LogP contribution < -0.4 is 15.4 Å². The van der Waals surface area contributed by atoms with Crippen molar-refractivity contribution in [1.82, 2.24) is 4.98 Å². The molecule has 2 N–H and O–H groups in total. The predicted octanol–water partition coefficient (Wildman–Crippen LogP) is 3.63. The molecule has 0 bridgehead atoms. The van der Waals surface area contributed by atoms with Gasteiger partial charge in [-0.25, -0.2) is 8.78 Å². The van der Waals surface area contributed by atoms with Crippen LogP contribution in [0.4, 0.5) is 20.2 Å². The number of rotatable bonds is 6. The molecule has 3 aromatic rings. The van der Waals surface area contributed by atoms with Crippen molar-refractivity contribution in [3.63, 3.8) is 0 Å². The molecular weight excluding hydrogens is 368 g/mol. The van der Waals surface area contributed by atoms with E-state index in [-0.39, 0.29) is 11.7 Å². The van der Waals surface area contributed by atoms with Crippen LogP contribution in [0, 0.1) is 11.6 Å². The molecular formula is C20H15F2N3O3. The SMILES string of the molecule is O=C(COc1ccc(F)cc1F)Nc1cccc(NC(=O)c2cccnc2)c1. The van der Waals surface area contributed by atoms with Gasteiger partial charge in [0.2, 0.25) is 0 Å². The molecule has 0 spiro atoms. The van der Waals surface area contributed by atoms with Crippen molar-refractivity contribution in [2.45, 2.75) is 0 Å². The van der Waals surface area contributed by atoms with Crippen LogP contribution in [0.3, 0.4) is 0 Å². The number of hydrogen-bond donors (Lipinski definition) is 2. The van der Waals surface area contributed by atoms with Gasteiger partial charge in [-0.1, -0.05) is 6.07 Å². The highest BCUT2D eigenvalue weighted by molar-refractivity contribution is 6.04. The summed E-state index contributed by atoms with van der Waals surface area (Å²) < 4.78 is 31.4. The van der Waals surface area contributed by atoms with E-state index in [1.165, 1.54) is 6.20 Å². The zero-order valence-corrected chi connectivity index (χ0v) is 14.5. The van der Waals surface area contributed by atoms with E-state index in [1.54, 1.807) is 42.6 Å². The lowest BCUT2D eigenvalue weighted by atomic mass is 10.2. The molecule has 1 aromatic heterocycles. The zero-order chi connectivity index (χ0) is 19.9. The van der Waals surface area contributed by atoms with Gasteiger partial charge in [-0.05, 0) is 42.5 Å². The van der Waals surface area contributed by atoms with Crippen LogP contribution >= 0.6 is 0 Å². The van der Waals surface area contributed by atoms with E-state index < -0.39 is 24.1 Å². The van der Waals surface area contributed by atoms with Crippen LogP contribution in [-0.4, -0.2) is 23.4 Å². The number of pyridine rings is 1. The van der Waals surface area contributed by atoms with Crippen LogP contribution in [0.1, 0.15) is 10.4 Å². The minimum absolute atomic E-state index is 0.228. The fourth-order valence-electron chi connectivity index (χ4n) is 2.31. The minimum Gasteiger partial charge on any atom is -0.481 e. The number of amides is 2. The maximum Gasteiger partial charge on any atom is 0.262 e. The number of hydrogen-bond acceptors (Lipinski definition) is 4. The summed E-state index contributed by atoms with van der Waals surface area (Å²) in [6, 6.07) is 12.6. The fraction of sp³-hybridized carbons (Fsp3) is 0.0500. The number of nitrogens with zero attached hydrogens (tertiary/aromatic N) is 1. The Labute approximate surface area is 159 Å². The lowest BCUT2D eigenvalue weighted by molar-refractivity contribution is -0.118.